The van der Waals surface area contributed by atoms with E-state index in [-0.39, 0.29) is 25.6 Å². The van der Waals surface area contributed by atoms with Crippen LogP contribution in [0.1, 0.15) is 17.3 Å². The minimum absolute atomic E-state index is 0.00538. The lowest BCUT2D eigenvalue weighted by molar-refractivity contribution is 0.00674. The first-order valence-electron chi connectivity index (χ1n) is 5.68. The molecule has 0 saturated carbocycles. The smallest absolute Gasteiger partial charge is 0.170 e. The fourth-order valence-electron chi connectivity index (χ4n) is 1.33. The average molecular weight is 265 g/mol. The Hall–Kier alpha value is -2.08. The van der Waals surface area contributed by atoms with Crippen molar-refractivity contribution in [1.82, 2.24) is 0 Å². The number of nitrogens with zero attached hydrogens (tertiary/aromatic N) is 3. The van der Waals surface area contributed by atoms with Gasteiger partial charge in [-0.1, -0.05) is 17.2 Å². The number of carbonyl (C=O) groups excluding carboxylic acids is 1. The maximum absolute atomic E-state index is 11.2. The van der Waals surface area contributed by atoms with Crippen molar-refractivity contribution in [3.8, 4) is 5.75 Å². The molecule has 0 spiro atoms. The summed E-state index contributed by atoms with van der Waals surface area (Å²) < 4.78 is 10.5. The van der Waals surface area contributed by atoms with Gasteiger partial charge >= 0.3 is 0 Å². The molecule has 1 aromatic carbocycles. The Morgan fingerprint density at radius 1 is 1.58 bits per heavy atom. The summed E-state index contributed by atoms with van der Waals surface area (Å²) in [6.45, 7) is 1.36. The monoisotopic (exact) mass is 265 g/mol. The zero-order valence-electron chi connectivity index (χ0n) is 10.5. The van der Waals surface area contributed by atoms with Crippen LogP contribution in [0.25, 0.3) is 10.4 Å². The number of rotatable bonds is 8. The minimum atomic E-state index is -0.821. The Morgan fingerprint density at radius 3 is 3.00 bits per heavy atom. The lowest BCUT2D eigenvalue weighted by Gasteiger charge is -2.13. The SMILES string of the molecule is CC(=O)c1cccc(OCC(N=[N+]=[N-])OCCO)c1. The molecule has 0 radical (unpaired) electrons. The molecule has 7 nitrogen and oxygen atoms in total. The van der Waals surface area contributed by atoms with E-state index in [4.69, 9.17) is 20.1 Å². The van der Waals surface area contributed by atoms with Gasteiger partial charge in [0.1, 0.15) is 12.4 Å². The van der Waals surface area contributed by atoms with Crippen LogP contribution in [0.15, 0.2) is 29.4 Å². The topological polar surface area (TPSA) is 105 Å². The second-order valence-electron chi connectivity index (χ2n) is 3.65. The number of aliphatic hydroxyl groups is 1. The van der Waals surface area contributed by atoms with Gasteiger partial charge in [0.2, 0.25) is 0 Å². The summed E-state index contributed by atoms with van der Waals surface area (Å²) in [6.07, 6.45) is -0.821. The van der Waals surface area contributed by atoms with Gasteiger partial charge in [0.05, 0.1) is 13.2 Å². The summed E-state index contributed by atoms with van der Waals surface area (Å²) in [4.78, 5) is 13.8. The van der Waals surface area contributed by atoms with Gasteiger partial charge in [0.25, 0.3) is 0 Å². The molecular formula is C12H15N3O4. The van der Waals surface area contributed by atoms with Crippen molar-refractivity contribution < 1.29 is 19.4 Å². The van der Waals surface area contributed by atoms with Crippen LogP contribution in [0.3, 0.4) is 0 Å². The predicted octanol–water partition coefficient (Wildman–Crippen LogP) is 1.91. The van der Waals surface area contributed by atoms with Gasteiger partial charge in [-0.3, -0.25) is 4.79 Å². The highest BCUT2D eigenvalue weighted by molar-refractivity contribution is 5.94. The highest BCUT2D eigenvalue weighted by Gasteiger charge is 2.08. The van der Waals surface area contributed by atoms with Crippen molar-refractivity contribution in [3.63, 3.8) is 0 Å². The largest absolute Gasteiger partial charge is 0.491 e. The van der Waals surface area contributed by atoms with E-state index >= 15 is 0 Å². The van der Waals surface area contributed by atoms with E-state index < -0.39 is 6.23 Å². The second-order valence-corrected chi connectivity index (χ2v) is 3.65. The quantitative estimate of drug-likeness (QED) is 0.335. The summed E-state index contributed by atoms with van der Waals surface area (Å²) in [5.74, 6) is 0.423. The van der Waals surface area contributed by atoms with Crippen LogP contribution in [0, 0.1) is 0 Å². The lowest BCUT2D eigenvalue weighted by atomic mass is 10.1. The molecule has 0 aliphatic rings. The number of Topliss-reactive ketones (excluding diaryl/α,β-unsaturated/α-hetero) is 1. The van der Waals surface area contributed by atoms with Crippen molar-refractivity contribution in [1.29, 1.82) is 0 Å². The summed E-state index contributed by atoms with van der Waals surface area (Å²) in [5, 5.41) is 12.0. The van der Waals surface area contributed by atoms with E-state index in [1.807, 2.05) is 0 Å². The maximum atomic E-state index is 11.2. The third-order valence-corrected chi connectivity index (χ3v) is 2.22. The molecule has 1 atom stereocenters. The van der Waals surface area contributed by atoms with Crippen molar-refractivity contribution in [2.45, 2.75) is 13.2 Å². The summed E-state index contributed by atoms with van der Waals surface area (Å²) in [6, 6.07) is 6.67. The van der Waals surface area contributed by atoms with Gasteiger partial charge in [0.15, 0.2) is 12.0 Å². The fourth-order valence-corrected chi connectivity index (χ4v) is 1.33. The predicted molar refractivity (Wildman–Crippen MR) is 67.9 cm³/mol. The molecule has 0 fully saturated rings. The van der Waals surface area contributed by atoms with Gasteiger partial charge in [0, 0.05) is 10.5 Å². The number of ether oxygens (including phenoxy) is 2. The molecule has 1 rings (SSSR count). The first-order chi connectivity index (χ1) is 9.17. The van der Waals surface area contributed by atoms with E-state index in [0.717, 1.165) is 0 Å². The van der Waals surface area contributed by atoms with E-state index in [1.54, 1.807) is 24.3 Å². The van der Waals surface area contributed by atoms with Crippen LogP contribution in [-0.4, -0.2) is 36.9 Å². The van der Waals surface area contributed by atoms with Crippen molar-refractivity contribution in [2.75, 3.05) is 19.8 Å². The van der Waals surface area contributed by atoms with Crippen molar-refractivity contribution in [3.05, 3.63) is 40.3 Å². The third-order valence-electron chi connectivity index (χ3n) is 2.22. The Morgan fingerprint density at radius 2 is 2.37 bits per heavy atom. The molecule has 7 heteroatoms. The van der Waals surface area contributed by atoms with Crippen LogP contribution in [0.2, 0.25) is 0 Å². The highest BCUT2D eigenvalue weighted by Crippen LogP contribution is 2.14. The minimum Gasteiger partial charge on any atom is -0.491 e. The van der Waals surface area contributed by atoms with E-state index in [0.29, 0.717) is 11.3 Å². The zero-order valence-corrected chi connectivity index (χ0v) is 10.5. The molecular weight excluding hydrogens is 250 g/mol. The Balaban J connectivity index is 2.60. The van der Waals surface area contributed by atoms with Gasteiger partial charge in [-0.25, -0.2) is 0 Å². The normalized spacial score (nSPS) is 11.5. The van der Waals surface area contributed by atoms with Crippen LogP contribution in [0.4, 0.5) is 0 Å². The number of aliphatic hydroxyl groups excluding tert-OH is 1. The van der Waals surface area contributed by atoms with Crippen LogP contribution >= 0.6 is 0 Å². The molecule has 0 aliphatic carbocycles. The van der Waals surface area contributed by atoms with E-state index in [2.05, 4.69) is 10.0 Å². The number of azide groups is 1. The summed E-state index contributed by atoms with van der Waals surface area (Å²) >= 11 is 0. The van der Waals surface area contributed by atoms with Crippen molar-refractivity contribution >= 4 is 5.78 Å². The fraction of sp³-hybridized carbons (Fsp3) is 0.417. The number of benzene rings is 1. The Labute approximate surface area is 110 Å². The molecule has 102 valence electrons. The molecule has 1 unspecified atom stereocenters. The molecule has 1 aromatic rings. The molecule has 1 N–H and O–H groups in total. The number of ketones is 1. The Kier molecular flexibility index (Phi) is 6.38. The second kappa shape index (κ2) is 8.10. The van der Waals surface area contributed by atoms with Gasteiger partial charge < -0.3 is 14.6 Å². The van der Waals surface area contributed by atoms with Crippen LogP contribution in [-0.2, 0) is 4.74 Å². The lowest BCUT2D eigenvalue weighted by Crippen LogP contribution is -2.20. The number of carbonyl (C=O) groups is 1. The number of hydrogen-bond donors (Lipinski definition) is 1. The van der Waals surface area contributed by atoms with Crippen LogP contribution < -0.4 is 4.74 Å². The molecule has 0 heterocycles. The highest BCUT2D eigenvalue weighted by atomic mass is 16.5. The first kappa shape index (κ1) is 15.0. The molecule has 0 amide bonds. The first-order valence-corrected chi connectivity index (χ1v) is 5.68. The average Bonchev–Trinajstić information content (AvgIpc) is 2.42. The summed E-state index contributed by atoms with van der Waals surface area (Å²) in [5.41, 5.74) is 8.90. The Bertz CT molecular complexity index is 472. The van der Waals surface area contributed by atoms with Gasteiger partial charge in [-0.05, 0) is 24.6 Å². The van der Waals surface area contributed by atoms with Crippen molar-refractivity contribution in [2.24, 2.45) is 5.11 Å². The molecule has 19 heavy (non-hydrogen) atoms. The van der Waals surface area contributed by atoms with Gasteiger partial charge in [-0.2, -0.15) is 0 Å². The molecule has 0 aliphatic heterocycles. The van der Waals surface area contributed by atoms with Crippen LogP contribution in [0.5, 0.6) is 5.75 Å². The molecule has 0 aromatic heterocycles. The van der Waals surface area contributed by atoms with Gasteiger partial charge in [-0.15, -0.1) is 0 Å². The summed E-state index contributed by atoms with van der Waals surface area (Å²) in [7, 11) is 0. The third kappa shape index (κ3) is 5.39. The standard InChI is InChI=1S/C12H15N3O4/c1-9(17)10-3-2-4-11(7-10)19-8-12(14-15-13)18-6-5-16/h2-4,7,12,16H,5-6,8H2,1H3. The molecule has 0 bridgehead atoms. The molecule has 0 saturated heterocycles. The maximum Gasteiger partial charge on any atom is 0.170 e. The number of hydrogen-bond acceptors (Lipinski definition) is 5. The van der Waals surface area contributed by atoms with E-state index in [9.17, 15) is 4.79 Å². The van der Waals surface area contributed by atoms with E-state index in [1.165, 1.54) is 6.92 Å². The zero-order chi connectivity index (χ0) is 14.1.